The average Bonchev–Trinajstić information content (AvgIpc) is 2.87. The molecule has 1 nitrogen and oxygen atoms in total. The lowest BCUT2D eigenvalue weighted by Crippen LogP contribution is -2.31. The molecule has 1 heteroatoms. The van der Waals surface area contributed by atoms with Crippen molar-refractivity contribution in [1.82, 2.24) is 5.32 Å². The quantitative estimate of drug-likeness (QED) is 0.651. The van der Waals surface area contributed by atoms with Gasteiger partial charge in [-0.25, -0.2) is 0 Å². The van der Waals surface area contributed by atoms with Crippen LogP contribution in [0.1, 0.15) is 33.6 Å². The van der Waals surface area contributed by atoms with Gasteiger partial charge >= 0.3 is 0 Å². The van der Waals surface area contributed by atoms with Gasteiger partial charge in [-0.1, -0.05) is 20.8 Å². The van der Waals surface area contributed by atoms with Crippen molar-refractivity contribution in [2.24, 2.45) is 17.3 Å². The number of nitrogens with one attached hydrogen (secondary N) is 1. The van der Waals surface area contributed by atoms with Gasteiger partial charge in [0.05, 0.1) is 0 Å². The number of hydrogen-bond donors (Lipinski definition) is 1. The first kappa shape index (κ1) is 7.60. The SMILES string of the molecule is CCNC1C2C1C2(CC)CC. The first-order valence-electron chi connectivity index (χ1n) is 5.05. The van der Waals surface area contributed by atoms with Gasteiger partial charge in [0, 0.05) is 6.04 Å². The zero-order chi connectivity index (χ0) is 8.06. The standard InChI is InChI=1S/C10H19N/c1-4-10(5-2)7-8(10)9(7)11-6-3/h7-9,11H,4-6H2,1-3H3. The normalized spacial score (nSPS) is 43.4. The summed E-state index contributed by atoms with van der Waals surface area (Å²) in [6.45, 7) is 8.05. The van der Waals surface area contributed by atoms with Gasteiger partial charge in [0.25, 0.3) is 0 Å². The van der Waals surface area contributed by atoms with E-state index >= 15 is 0 Å². The van der Waals surface area contributed by atoms with Crippen molar-refractivity contribution in [3.8, 4) is 0 Å². The summed E-state index contributed by atoms with van der Waals surface area (Å²) in [7, 11) is 0. The smallest absolute Gasteiger partial charge is 0.0141 e. The minimum Gasteiger partial charge on any atom is -0.314 e. The highest BCUT2D eigenvalue weighted by molar-refractivity contribution is 5.31. The molecule has 0 aromatic carbocycles. The van der Waals surface area contributed by atoms with Crippen LogP contribution in [0.4, 0.5) is 0 Å². The molecule has 64 valence electrons. The summed E-state index contributed by atoms with van der Waals surface area (Å²) in [5.41, 5.74) is 0.798. The Morgan fingerprint density at radius 1 is 1.09 bits per heavy atom. The molecule has 2 fully saturated rings. The molecule has 2 unspecified atom stereocenters. The molecule has 0 aliphatic heterocycles. The molecular weight excluding hydrogens is 134 g/mol. The molecule has 0 saturated heterocycles. The molecule has 2 aliphatic carbocycles. The van der Waals surface area contributed by atoms with Gasteiger partial charge in [-0.2, -0.15) is 0 Å². The van der Waals surface area contributed by atoms with Crippen molar-refractivity contribution in [3.05, 3.63) is 0 Å². The van der Waals surface area contributed by atoms with E-state index in [0.717, 1.165) is 29.8 Å². The van der Waals surface area contributed by atoms with E-state index in [-0.39, 0.29) is 0 Å². The van der Waals surface area contributed by atoms with E-state index in [1.165, 1.54) is 12.8 Å². The van der Waals surface area contributed by atoms with Gasteiger partial charge < -0.3 is 5.32 Å². The lowest BCUT2D eigenvalue weighted by Gasteiger charge is -2.23. The van der Waals surface area contributed by atoms with Crippen LogP contribution in [-0.4, -0.2) is 12.6 Å². The Morgan fingerprint density at radius 3 is 2.00 bits per heavy atom. The molecule has 11 heavy (non-hydrogen) atoms. The zero-order valence-corrected chi connectivity index (χ0v) is 7.85. The summed E-state index contributed by atoms with van der Waals surface area (Å²) in [5.74, 6) is 2.13. The Hall–Kier alpha value is -0.0400. The fraction of sp³-hybridized carbons (Fsp3) is 1.00. The molecule has 0 spiro atoms. The lowest BCUT2D eigenvalue weighted by molar-refractivity contribution is 0.290. The summed E-state index contributed by atoms with van der Waals surface area (Å²) < 4.78 is 0. The van der Waals surface area contributed by atoms with Gasteiger partial charge in [0.15, 0.2) is 0 Å². The predicted octanol–water partition coefficient (Wildman–Crippen LogP) is 2.03. The summed E-state index contributed by atoms with van der Waals surface area (Å²) in [5, 5.41) is 3.54. The minimum absolute atomic E-state index is 0.798. The first-order chi connectivity index (χ1) is 5.31. The van der Waals surface area contributed by atoms with Gasteiger partial charge in [0.2, 0.25) is 0 Å². The monoisotopic (exact) mass is 153 g/mol. The lowest BCUT2D eigenvalue weighted by atomic mass is 9.86. The molecule has 0 aromatic heterocycles. The fourth-order valence-electron chi connectivity index (χ4n) is 3.15. The number of rotatable bonds is 4. The van der Waals surface area contributed by atoms with Crippen LogP contribution in [0.15, 0.2) is 0 Å². The van der Waals surface area contributed by atoms with E-state index in [0.29, 0.717) is 0 Å². The van der Waals surface area contributed by atoms with E-state index in [1.54, 1.807) is 0 Å². The van der Waals surface area contributed by atoms with E-state index < -0.39 is 0 Å². The summed E-state index contributed by atoms with van der Waals surface area (Å²) >= 11 is 0. The Balaban J connectivity index is 1.83. The van der Waals surface area contributed by atoms with Crippen LogP contribution in [0.2, 0.25) is 0 Å². The van der Waals surface area contributed by atoms with Crippen LogP contribution < -0.4 is 5.32 Å². The minimum atomic E-state index is 0.798. The molecule has 2 atom stereocenters. The zero-order valence-electron chi connectivity index (χ0n) is 7.85. The second-order valence-corrected chi connectivity index (χ2v) is 4.08. The predicted molar refractivity (Wildman–Crippen MR) is 47.5 cm³/mol. The fourth-order valence-corrected chi connectivity index (χ4v) is 3.15. The molecule has 2 saturated carbocycles. The second kappa shape index (κ2) is 2.22. The van der Waals surface area contributed by atoms with Crippen molar-refractivity contribution in [2.45, 2.75) is 39.7 Å². The highest BCUT2D eigenvalue weighted by Gasteiger charge is 2.80. The highest BCUT2D eigenvalue weighted by atomic mass is 15.1. The molecule has 0 heterocycles. The van der Waals surface area contributed by atoms with Crippen LogP contribution in [-0.2, 0) is 0 Å². The first-order valence-corrected chi connectivity index (χ1v) is 5.05. The Labute approximate surface area is 69.6 Å². The summed E-state index contributed by atoms with van der Waals surface area (Å²) in [6.07, 6.45) is 2.81. The highest BCUT2D eigenvalue weighted by Crippen LogP contribution is 2.80. The second-order valence-electron chi connectivity index (χ2n) is 4.08. The Bertz CT molecular complexity index is 148. The third kappa shape index (κ3) is 0.752. The molecule has 0 bridgehead atoms. The van der Waals surface area contributed by atoms with Gasteiger partial charge in [-0.15, -0.1) is 0 Å². The third-order valence-electron chi connectivity index (χ3n) is 3.99. The van der Waals surface area contributed by atoms with Crippen LogP contribution in [0, 0.1) is 17.3 Å². The van der Waals surface area contributed by atoms with E-state index in [1.807, 2.05) is 0 Å². The van der Waals surface area contributed by atoms with Crippen molar-refractivity contribution < 1.29 is 0 Å². The van der Waals surface area contributed by atoms with Crippen molar-refractivity contribution >= 4 is 0 Å². The molecule has 1 N–H and O–H groups in total. The van der Waals surface area contributed by atoms with Crippen molar-refractivity contribution in [2.75, 3.05) is 6.54 Å². The van der Waals surface area contributed by atoms with E-state index in [9.17, 15) is 0 Å². The summed E-state index contributed by atoms with van der Waals surface area (Å²) in [6, 6.07) is 0.917. The van der Waals surface area contributed by atoms with Crippen LogP contribution >= 0.6 is 0 Å². The summed E-state index contributed by atoms with van der Waals surface area (Å²) in [4.78, 5) is 0. The van der Waals surface area contributed by atoms with Crippen LogP contribution in [0.3, 0.4) is 0 Å². The maximum Gasteiger partial charge on any atom is 0.0141 e. The molecule has 2 rings (SSSR count). The molecule has 0 aromatic rings. The van der Waals surface area contributed by atoms with E-state index in [2.05, 4.69) is 26.1 Å². The van der Waals surface area contributed by atoms with Gasteiger partial charge in [-0.05, 0) is 36.6 Å². The molecule has 0 amide bonds. The Morgan fingerprint density at radius 2 is 1.64 bits per heavy atom. The van der Waals surface area contributed by atoms with E-state index in [4.69, 9.17) is 0 Å². The topological polar surface area (TPSA) is 12.0 Å². The average molecular weight is 153 g/mol. The molecule has 0 radical (unpaired) electrons. The third-order valence-corrected chi connectivity index (χ3v) is 3.99. The van der Waals surface area contributed by atoms with Crippen LogP contribution in [0.25, 0.3) is 0 Å². The van der Waals surface area contributed by atoms with Gasteiger partial charge in [-0.3, -0.25) is 0 Å². The largest absolute Gasteiger partial charge is 0.314 e. The maximum atomic E-state index is 3.54. The van der Waals surface area contributed by atoms with Crippen molar-refractivity contribution in [1.29, 1.82) is 0 Å². The molecule has 2 aliphatic rings. The number of fused-ring (bicyclic) bond motifs is 1. The molecular formula is C10H19N. The maximum absolute atomic E-state index is 3.54. The van der Waals surface area contributed by atoms with Gasteiger partial charge in [0.1, 0.15) is 0 Å². The van der Waals surface area contributed by atoms with Crippen LogP contribution in [0.5, 0.6) is 0 Å². The Kier molecular flexibility index (Phi) is 1.54. The number of hydrogen-bond acceptors (Lipinski definition) is 1. The van der Waals surface area contributed by atoms with Crippen molar-refractivity contribution in [3.63, 3.8) is 0 Å².